The van der Waals surface area contributed by atoms with Crippen LogP contribution in [0.3, 0.4) is 0 Å². The van der Waals surface area contributed by atoms with Crippen LogP contribution in [-0.4, -0.2) is 12.0 Å². The first kappa shape index (κ1) is 1.59. The van der Waals surface area contributed by atoms with Crippen LogP contribution in [0.1, 0.15) is 26.0 Å². The number of ether oxygens (including phenoxy) is 1. The lowest BCUT2D eigenvalue weighted by Gasteiger charge is -2.04. The maximum atomic E-state index is 12.8. The van der Waals surface area contributed by atoms with Crippen molar-refractivity contribution in [1.82, 2.24) is 0 Å². The highest BCUT2D eigenvalue weighted by Gasteiger charge is 2.07. The Kier molecular flexibility index (Phi) is 0.570. The Labute approximate surface area is 66.0 Å². The van der Waals surface area contributed by atoms with Crippen LogP contribution in [0.25, 0.3) is 0 Å². The van der Waals surface area contributed by atoms with Crippen molar-refractivity contribution in [3.63, 3.8) is 0 Å². The molecule has 0 rings (SSSR count). The lowest BCUT2D eigenvalue weighted by atomic mass is 10.5. The van der Waals surface area contributed by atoms with Gasteiger partial charge in [0.15, 0.2) is 0 Å². The average Bonchev–Trinajstić information content (AvgIpc) is 2.12. The average molecular weight is 141 g/mol. The Morgan fingerprint density at radius 3 is 3.22 bits per heavy atom. The maximum Gasteiger partial charge on any atom is 0.366 e. The molecule has 0 aliphatic rings. The molecule has 0 aromatic rings. The smallest absolute Gasteiger partial charge is 0.366 e. The number of hydrogen-bond donors (Lipinski definition) is 0. The third-order valence-corrected chi connectivity index (χ3v) is 0.374. The molecule has 0 radical (unpaired) electrons. The van der Waals surface area contributed by atoms with Gasteiger partial charge in [-0.1, -0.05) is 6.53 Å². The molecule has 0 fully saturated rings. The van der Waals surface area contributed by atoms with Gasteiger partial charge in [-0.15, -0.1) is 0 Å². The molecule has 0 aliphatic heterocycles. The summed E-state index contributed by atoms with van der Waals surface area (Å²) >= 11 is 0. The molecule has 0 heterocycles. The molecule has 0 aromatic carbocycles. The molecule has 3 heteroatoms. The van der Waals surface area contributed by atoms with Crippen LogP contribution in [0.15, 0.2) is 12.4 Å². The van der Waals surface area contributed by atoms with Gasteiger partial charge >= 0.3 is 5.97 Å². The molecule has 0 saturated heterocycles. The largest absolute Gasteiger partial charge is 0.458 e. The summed E-state index contributed by atoms with van der Waals surface area (Å²) in [4.78, 5) is 11.0. The molecule has 0 N–H and O–H groups in total. The van der Waals surface area contributed by atoms with Crippen LogP contribution < -0.4 is 0 Å². The van der Waals surface area contributed by atoms with Gasteiger partial charge in [-0.05, 0) is 13.7 Å². The fraction of sp³-hybridized carbons (Fsp3) is 0.500. The van der Waals surface area contributed by atoms with E-state index in [4.69, 9.17) is 12.3 Å². The number of carbonyl (C=O) groups excluding carboxylic acids is 1. The molecule has 0 atom stereocenters. The molecular weight excluding hydrogens is 123 g/mol. The van der Waals surface area contributed by atoms with E-state index in [0.29, 0.717) is 0 Å². The molecule has 0 aliphatic carbocycles. The van der Waals surface area contributed by atoms with Gasteiger partial charge in [0.2, 0.25) is 5.83 Å². The van der Waals surface area contributed by atoms with Gasteiger partial charge in [0.1, 0.15) is 0 Å². The number of hydrogen-bond acceptors (Lipinski definition) is 2. The van der Waals surface area contributed by atoms with Crippen molar-refractivity contribution >= 4 is 5.97 Å². The van der Waals surface area contributed by atoms with E-state index in [9.17, 15) is 9.18 Å². The van der Waals surface area contributed by atoms with E-state index in [1.165, 1.54) is 0 Å². The van der Waals surface area contributed by atoms with Crippen molar-refractivity contribution in [1.29, 1.82) is 0 Å². The number of esters is 1. The predicted molar refractivity (Wildman–Crippen MR) is 31.5 cm³/mol. The van der Waals surface area contributed by atoms with Crippen molar-refractivity contribution in [3.05, 3.63) is 12.4 Å². The summed E-state index contributed by atoms with van der Waals surface area (Å²) in [7, 11) is 0. The van der Waals surface area contributed by atoms with Crippen molar-refractivity contribution < 1.29 is 26.3 Å². The Balaban J connectivity index is 5.46. The van der Waals surface area contributed by atoms with Crippen LogP contribution >= 0.6 is 0 Å². The van der Waals surface area contributed by atoms with Gasteiger partial charge in [-0.25, -0.2) is 4.79 Å². The van der Waals surface area contributed by atoms with E-state index in [-0.39, 0.29) is 0 Å². The Morgan fingerprint density at radius 2 is 2.78 bits per heavy atom. The highest BCUT2D eigenvalue weighted by molar-refractivity contribution is 5.85. The highest BCUT2D eigenvalue weighted by atomic mass is 19.1. The minimum atomic E-state index is -3.68. The van der Waals surface area contributed by atoms with E-state index in [0.717, 1.165) is 0 Å². The van der Waals surface area contributed by atoms with Crippen LogP contribution in [-0.2, 0) is 9.53 Å². The van der Waals surface area contributed by atoms with Crippen LogP contribution in [0, 0.1) is 0 Å². The Bertz CT molecular complexity index is 350. The molecule has 52 valence electrons. The minimum Gasteiger partial charge on any atom is -0.458 e. The van der Waals surface area contributed by atoms with Crippen molar-refractivity contribution in [3.8, 4) is 0 Å². The molecule has 9 heavy (non-hydrogen) atoms. The molecule has 0 spiro atoms. The molecule has 0 aromatic heterocycles. The number of carbonyl (C=O) groups is 1. The number of rotatable bonds is 2. The summed E-state index contributed by atoms with van der Waals surface area (Å²) in [5.41, 5.74) is 0. The lowest BCUT2D eigenvalue weighted by Crippen LogP contribution is -2.10. The van der Waals surface area contributed by atoms with E-state index < -0.39 is 38.1 Å². The fourth-order valence-electron chi connectivity index (χ4n) is 0.138. The predicted octanol–water partition coefficient (Wildman–Crippen LogP) is 1.42. The Morgan fingerprint density at radius 1 is 2.11 bits per heavy atom. The molecule has 0 unspecified atom stereocenters. The fourth-order valence-corrected chi connectivity index (χ4v) is 0.138. The van der Waals surface area contributed by atoms with Gasteiger partial charge < -0.3 is 4.74 Å². The molecular formula is C6H9FO2. The van der Waals surface area contributed by atoms with Crippen molar-refractivity contribution in [2.45, 2.75) is 19.8 Å². The van der Waals surface area contributed by atoms with E-state index in [1.54, 1.807) is 0 Å². The van der Waals surface area contributed by atoms with E-state index >= 15 is 0 Å². The summed E-state index contributed by atoms with van der Waals surface area (Å²) in [5, 5.41) is 0. The zero-order valence-electron chi connectivity index (χ0n) is 13.2. The quantitative estimate of drug-likeness (QED) is 0.429. The third-order valence-electron chi connectivity index (χ3n) is 0.374. The van der Waals surface area contributed by atoms with E-state index in [2.05, 4.69) is 4.74 Å². The van der Waals surface area contributed by atoms with Gasteiger partial charge in [0.25, 0.3) is 0 Å². The summed E-state index contributed by atoms with van der Waals surface area (Å²) in [6.45, 7) is -8.73. The van der Waals surface area contributed by atoms with Gasteiger partial charge in [-0.2, -0.15) is 4.39 Å². The van der Waals surface area contributed by atoms with Crippen molar-refractivity contribution in [2.24, 2.45) is 0 Å². The van der Waals surface area contributed by atoms with Gasteiger partial charge in [0.05, 0.1) is 10.2 Å². The van der Waals surface area contributed by atoms with Gasteiger partial charge in [0, 0.05) is 8.22 Å². The molecule has 0 amide bonds. The van der Waals surface area contributed by atoms with Crippen LogP contribution in [0.5, 0.6) is 0 Å². The molecule has 2 nitrogen and oxygen atoms in total. The zero-order chi connectivity index (χ0) is 14.9. The van der Waals surface area contributed by atoms with Crippen LogP contribution in [0.4, 0.5) is 4.39 Å². The standard InChI is InChI=1S/C6H9FO2/c1-4(2)9-6(8)5(3)7/h4H,3H2,1-2H3/i1D3,2D3,3D2,4D. The minimum absolute atomic E-state index is 1.61. The van der Waals surface area contributed by atoms with E-state index in [1.807, 2.05) is 0 Å². The summed E-state index contributed by atoms with van der Waals surface area (Å²) < 4.78 is 77.9. The highest BCUT2D eigenvalue weighted by Crippen LogP contribution is 1.98. The first-order valence-corrected chi connectivity index (χ1v) is 1.80. The second kappa shape index (κ2) is 3.22. The SMILES string of the molecule is [2H]C([2H])=C(F)C(=O)OC([2H])(C([2H])([2H])[2H])C([2H])([2H])[2H]. The Hall–Kier alpha value is -0.860. The molecule has 0 bridgehead atoms. The van der Waals surface area contributed by atoms with Crippen LogP contribution in [0.2, 0.25) is 0 Å². The topological polar surface area (TPSA) is 26.3 Å². The first-order valence-electron chi connectivity index (χ1n) is 6.30. The lowest BCUT2D eigenvalue weighted by molar-refractivity contribution is -0.144. The summed E-state index contributed by atoms with van der Waals surface area (Å²) in [6, 6.07) is 0. The summed E-state index contributed by atoms with van der Waals surface area (Å²) in [5.74, 6) is -4.24. The molecule has 0 saturated carbocycles. The normalized spacial score (nSPS) is 27.4. The van der Waals surface area contributed by atoms with Gasteiger partial charge in [-0.3, -0.25) is 0 Å². The number of halogens is 1. The van der Waals surface area contributed by atoms with Crippen molar-refractivity contribution in [2.75, 3.05) is 0 Å². The monoisotopic (exact) mass is 141 g/mol. The first-order chi connectivity index (χ1) is 7.74. The second-order valence-corrected chi connectivity index (χ2v) is 1.03. The second-order valence-electron chi connectivity index (χ2n) is 1.03. The third kappa shape index (κ3) is 3.70. The zero-order valence-corrected chi connectivity index (χ0v) is 4.19. The maximum absolute atomic E-state index is 12.8. The summed E-state index contributed by atoms with van der Waals surface area (Å²) in [6.07, 6.45) is -3.68.